The highest BCUT2D eigenvalue weighted by molar-refractivity contribution is 5.95. The molecule has 0 saturated carbocycles. The molecule has 0 atom stereocenters. The van der Waals surface area contributed by atoms with Crippen LogP contribution in [0.25, 0.3) is 16.4 Å². The second-order valence-electron chi connectivity index (χ2n) is 8.23. The molecule has 166 valence electrons. The predicted octanol–water partition coefficient (Wildman–Crippen LogP) is 4.19. The number of hydrogen-bond donors (Lipinski definition) is 1. The molecule has 0 spiro atoms. The number of esters is 2. The number of nitrogens with zero attached hydrogens (tertiary/aromatic N) is 3. The molecular formula is C22H21FN4O5. The van der Waals surface area contributed by atoms with Crippen molar-refractivity contribution in [3.05, 3.63) is 47.8 Å². The Morgan fingerprint density at radius 2 is 1.94 bits per heavy atom. The Morgan fingerprint density at radius 1 is 1.19 bits per heavy atom. The van der Waals surface area contributed by atoms with Crippen molar-refractivity contribution in [3.8, 4) is 17.4 Å². The zero-order valence-corrected chi connectivity index (χ0v) is 18.1. The second kappa shape index (κ2) is 7.63. The summed E-state index contributed by atoms with van der Waals surface area (Å²) < 4.78 is 32.5. The molecule has 32 heavy (non-hydrogen) atoms. The maximum atomic E-state index is 15.1. The largest absolute Gasteiger partial charge is 0.464 e. The van der Waals surface area contributed by atoms with Gasteiger partial charge >= 0.3 is 11.9 Å². The van der Waals surface area contributed by atoms with Crippen LogP contribution in [-0.2, 0) is 9.53 Å². The van der Waals surface area contributed by atoms with Gasteiger partial charge in [0, 0.05) is 16.5 Å². The van der Waals surface area contributed by atoms with Crippen molar-refractivity contribution in [2.24, 2.45) is 5.41 Å². The first-order valence-corrected chi connectivity index (χ1v) is 9.72. The topological polar surface area (TPSA) is 108 Å². The first kappa shape index (κ1) is 21.3. The lowest BCUT2D eigenvalue weighted by atomic mass is 9.97. The summed E-state index contributed by atoms with van der Waals surface area (Å²) in [6.07, 6.45) is 2.79. The smallest absolute Gasteiger partial charge is 0.354 e. The van der Waals surface area contributed by atoms with Gasteiger partial charge in [-0.25, -0.2) is 13.7 Å². The summed E-state index contributed by atoms with van der Waals surface area (Å²) in [7, 11) is 1.24. The Kier molecular flexibility index (Phi) is 5.08. The van der Waals surface area contributed by atoms with Gasteiger partial charge in [-0.15, -0.1) is 0 Å². The number of aromatic amines is 1. The Balaban J connectivity index is 1.73. The fourth-order valence-electron chi connectivity index (χ4n) is 3.09. The summed E-state index contributed by atoms with van der Waals surface area (Å²) in [5.74, 6) is -1.40. The number of carbonyl (C=O) groups is 2. The van der Waals surface area contributed by atoms with Crippen molar-refractivity contribution in [3.63, 3.8) is 0 Å². The summed E-state index contributed by atoms with van der Waals surface area (Å²) in [5.41, 5.74) is 0.834. The van der Waals surface area contributed by atoms with Gasteiger partial charge in [0.2, 0.25) is 5.88 Å². The predicted molar refractivity (Wildman–Crippen MR) is 112 cm³/mol. The molecule has 0 fully saturated rings. The summed E-state index contributed by atoms with van der Waals surface area (Å²) in [6, 6.07) is 4.36. The van der Waals surface area contributed by atoms with Crippen molar-refractivity contribution >= 4 is 28.4 Å². The molecule has 10 heteroatoms. The zero-order valence-electron chi connectivity index (χ0n) is 18.1. The third-order valence-electron chi connectivity index (χ3n) is 4.88. The number of rotatable bonds is 4. The third kappa shape index (κ3) is 3.64. The fourth-order valence-corrected chi connectivity index (χ4v) is 3.09. The van der Waals surface area contributed by atoms with Crippen LogP contribution in [-0.4, -0.2) is 38.6 Å². The molecule has 3 aromatic heterocycles. The molecule has 0 radical (unpaired) electrons. The van der Waals surface area contributed by atoms with Gasteiger partial charge in [-0.2, -0.15) is 10.1 Å². The van der Waals surface area contributed by atoms with Gasteiger partial charge in [-0.05, 0) is 45.9 Å². The van der Waals surface area contributed by atoms with Crippen LogP contribution < -0.4 is 9.47 Å². The molecule has 0 saturated heterocycles. The fraction of sp³-hybridized carbons (Fsp3) is 0.273. The van der Waals surface area contributed by atoms with Gasteiger partial charge in [0.1, 0.15) is 17.5 Å². The lowest BCUT2D eigenvalue weighted by Gasteiger charge is -2.15. The van der Waals surface area contributed by atoms with Crippen molar-refractivity contribution in [2.45, 2.75) is 27.7 Å². The van der Waals surface area contributed by atoms with E-state index in [9.17, 15) is 9.59 Å². The van der Waals surface area contributed by atoms with E-state index in [-0.39, 0.29) is 22.7 Å². The molecule has 0 aliphatic rings. The maximum Gasteiger partial charge on any atom is 0.354 e. The normalized spacial score (nSPS) is 11.7. The quantitative estimate of drug-likeness (QED) is 0.474. The molecular weight excluding hydrogens is 419 g/mol. The minimum Gasteiger partial charge on any atom is -0.464 e. The number of aromatic nitrogens is 4. The Morgan fingerprint density at radius 3 is 2.62 bits per heavy atom. The minimum absolute atomic E-state index is 0.0811. The van der Waals surface area contributed by atoms with Crippen LogP contribution in [0.1, 0.15) is 36.8 Å². The second-order valence-corrected chi connectivity index (χ2v) is 8.23. The maximum absolute atomic E-state index is 15.1. The number of H-pyrrole nitrogens is 1. The molecule has 0 aliphatic heterocycles. The molecule has 3 heterocycles. The van der Waals surface area contributed by atoms with E-state index in [0.717, 1.165) is 0 Å². The average molecular weight is 440 g/mol. The van der Waals surface area contributed by atoms with Crippen LogP contribution in [0.15, 0.2) is 30.7 Å². The van der Waals surface area contributed by atoms with Crippen LogP contribution in [0.4, 0.5) is 4.39 Å². The van der Waals surface area contributed by atoms with Gasteiger partial charge in [0.05, 0.1) is 18.7 Å². The van der Waals surface area contributed by atoms with E-state index < -0.39 is 23.2 Å². The number of nitrogens with one attached hydrogen (secondary N) is 1. The monoisotopic (exact) mass is 440 g/mol. The van der Waals surface area contributed by atoms with Gasteiger partial charge in [0.25, 0.3) is 0 Å². The van der Waals surface area contributed by atoms with E-state index in [0.29, 0.717) is 22.3 Å². The van der Waals surface area contributed by atoms with E-state index in [2.05, 4.69) is 19.8 Å². The number of aryl methyl sites for hydroxylation is 1. The summed E-state index contributed by atoms with van der Waals surface area (Å²) in [4.78, 5) is 31.0. The Bertz CT molecular complexity index is 1370. The lowest BCUT2D eigenvalue weighted by Crippen LogP contribution is -2.25. The average Bonchev–Trinajstić information content (AvgIpc) is 3.31. The van der Waals surface area contributed by atoms with Crippen LogP contribution in [0.5, 0.6) is 17.4 Å². The standard InChI is InChI=1S/C22H21FN4O5/c1-11-16(32-21(29)22(2,3)4)9-27-18(11)19(24-10-25-27)31-15-7-6-13-12(17(15)23)8-14(26-13)20(28)30-5/h6-10,26H,1-5H3. The third-order valence-corrected chi connectivity index (χ3v) is 4.88. The number of carbonyl (C=O) groups excluding carboxylic acids is 2. The summed E-state index contributed by atoms with van der Waals surface area (Å²) in [6.45, 7) is 6.98. The van der Waals surface area contributed by atoms with Crippen LogP contribution in [0.2, 0.25) is 0 Å². The molecule has 9 nitrogen and oxygen atoms in total. The van der Waals surface area contributed by atoms with E-state index in [1.54, 1.807) is 33.8 Å². The van der Waals surface area contributed by atoms with E-state index in [1.807, 2.05) is 0 Å². The number of halogens is 1. The van der Waals surface area contributed by atoms with Crippen molar-refractivity contribution < 1.29 is 28.2 Å². The zero-order chi connectivity index (χ0) is 23.2. The highest BCUT2D eigenvalue weighted by atomic mass is 19.1. The molecule has 4 rings (SSSR count). The number of fused-ring (bicyclic) bond motifs is 2. The number of ether oxygens (including phenoxy) is 3. The Hall–Kier alpha value is -3.95. The number of hydrogen-bond acceptors (Lipinski definition) is 7. The van der Waals surface area contributed by atoms with Crippen molar-refractivity contribution in [1.29, 1.82) is 0 Å². The van der Waals surface area contributed by atoms with Crippen molar-refractivity contribution in [1.82, 2.24) is 19.6 Å². The van der Waals surface area contributed by atoms with E-state index >= 15 is 4.39 Å². The number of methoxy groups -OCH3 is 1. The van der Waals surface area contributed by atoms with E-state index in [4.69, 9.17) is 9.47 Å². The number of benzene rings is 1. The first-order chi connectivity index (χ1) is 15.1. The highest BCUT2D eigenvalue weighted by Crippen LogP contribution is 2.35. The molecule has 0 amide bonds. The Labute approximate surface area is 182 Å². The SMILES string of the molecule is COC(=O)c1cc2c(F)c(Oc3ncnn4cc(OC(=O)C(C)(C)C)c(C)c34)ccc2[nH]1. The molecule has 1 N–H and O–H groups in total. The molecule has 0 aliphatic carbocycles. The lowest BCUT2D eigenvalue weighted by molar-refractivity contribution is -0.143. The molecule has 0 bridgehead atoms. The summed E-state index contributed by atoms with van der Waals surface area (Å²) >= 11 is 0. The highest BCUT2D eigenvalue weighted by Gasteiger charge is 2.26. The molecule has 0 unspecified atom stereocenters. The minimum atomic E-state index is -0.691. The van der Waals surface area contributed by atoms with Gasteiger partial charge in [0.15, 0.2) is 17.3 Å². The van der Waals surface area contributed by atoms with Gasteiger partial charge in [-0.1, -0.05) is 0 Å². The van der Waals surface area contributed by atoms with Crippen LogP contribution >= 0.6 is 0 Å². The van der Waals surface area contributed by atoms with Crippen LogP contribution in [0, 0.1) is 18.2 Å². The molecule has 1 aromatic carbocycles. The van der Waals surface area contributed by atoms with Gasteiger partial charge < -0.3 is 19.2 Å². The van der Waals surface area contributed by atoms with Gasteiger partial charge in [-0.3, -0.25) is 4.79 Å². The summed E-state index contributed by atoms with van der Waals surface area (Å²) in [5, 5.41) is 4.29. The first-order valence-electron chi connectivity index (χ1n) is 9.72. The molecule has 4 aromatic rings. The van der Waals surface area contributed by atoms with Crippen LogP contribution in [0.3, 0.4) is 0 Å². The van der Waals surface area contributed by atoms with Crippen molar-refractivity contribution in [2.75, 3.05) is 7.11 Å². The van der Waals surface area contributed by atoms with E-state index in [1.165, 1.54) is 36.3 Å².